The molecule has 0 aliphatic carbocycles. The van der Waals surface area contributed by atoms with Crippen LogP contribution in [0.5, 0.6) is 5.75 Å². The molecule has 1 atom stereocenters. The monoisotopic (exact) mass is 425 g/mol. The Morgan fingerprint density at radius 3 is 2.48 bits per heavy atom. The van der Waals surface area contributed by atoms with Crippen LogP contribution in [0, 0.1) is 0 Å². The average molecular weight is 426 g/mol. The number of carbonyl (C=O) groups excluding carboxylic acids is 2. The van der Waals surface area contributed by atoms with E-state index in [0.717, 1.165) is 43.9 Å². The summed E-state index contributed by atoms with van der Waals surface area (Å²) in [7, 11) is 1.58. The summed E-state index contributed by atoms with van der Waals surface area (Å²) in [5, 5.41) is 5.47. The van der Waals surface area contributed by atoms with Crippen LogP contribution in [0.25, 0.3) is 0 Å². The molecule has 2 N–H and O–H groups in total. The molecule has 166 valence electrons. The predicted molar refractivity (Wildman–Crippen MR) is 119 cm³/mol. The van der Waals surface area contributed by atoms with Gasteiger partial charge in [0.2, 0.25) is 0 Å². The molecule has 1 aliphatic rings. The van der Waals surface area contributed by atoms with Crippen LogP contribution in [-0.2, 0) is 16.1 Å². The summed E-state index contributed by atoms with van der Waals surface area (Å²) in [6.45, 7) is 7.56. The highest BCUT2D eigenvalue weighted by Gasteiger charge is 2.26. The van der Waals surface area contributed by atoms with Crippen LogP contribution in [0.2, 0.25) is 0 Å². The van der Waals surface area contributed by atoms with E-state index in [1.807, 2.05) is 42.6 Å². The topological polar surface area (TPSA) is 86.8 Å². The summed E-state index contributed by atoms with van der Waals surface area (Å²) < 4.78 is 5.28. The summed E-state index contributed by atoms with van der Waals surface area (Å²) in [5.74, 6) is -0.631. The molecule has 0 spiro atoms. The number of methoxy groups -OCH3 is 1. The van der Waals surface area contributed by atoms with Crippen molar-refractivity contribution >= 4 is 11.8 Å². The van der Waals surface area contributed by atoms with Gasteiger partial charge < -0.3 is 20.3 Å². The SMILES string of the molecule is CCN1CCN([C@@H](CNC(=O)C(=O)NCc2ccccc2OC)c2cccnc2)CC1. The van der Waals surface area contributed by atoms with Gasteiger partial charge in [0.25, 0.3) is 0 Å². The number of likely N-dealkylation sites (N-methyl/N-ethyl adjacent to an activating group) is 1. The largest absolute Gasteiger partial charge is 0.496 e. The van der Waals surface area contributed by atoms with Crippen molar-refractivity contribution in [2.45, 2.75) is 19.5 Å². The first-order chi connectivity index (χ1) is 15.1. The fourth-order valence-electron chi connectivity index (χ4n) is 3.80. The number of piperazine rings is 1. The third kappa shape index (κ3) is 6.26. The van der Waals surface area contributed by atoms with E-state index in [2.05, 4.69) is 32.3 Å². The molecular formula is C23H31N5O3. The van der Waals surface area contributed by atoms with Gasteiger partial charge in [0.05, 0.1) is 13.2 Å². The highest BCUT2D eigenvalue weighted by atomic mass is 16.5. The third-order valence-corrected chi connectivity index (χ3v) is 5.66. The Morgan fingerprint density at radius 2 is 1.81 bits per heavy atom. The summed E-state index contributed by atoms with van der Waals surface area (Å²) in [6, 6.07) is 11.3. The first kappa shape index (κ1) is 22.7. The molecule has 1 saturated heterocycles. The van der Waals surface area contributed by atoms with Crippen LogP contribution in [-0.4, -0.2) is 73.0 Å². The van der Waals surface area contributed by atoms with Crippen LogP contribution < -0.4 is 15.4 Å². The Labute approximate surface area is 183 Å². The highest BCUT2D eigenvalue weighted by molar-refractivity contribution is 6.35. The van der Waals surface area contributed by atoms with E-state index in [9.17, 15) is 9.59 Å². The van der Waals surface area contributed by atoms with Gasteiger partial charge in [0.15, 0.2) is 0 Å². The summed E-state index contributed by atoms with van der Waals surface area (Å²) in [4.78, 5) is 33.7. The number of carbonyl (C=O) groups is 2. The van der Waals surface area contributed by atoms with Gasteiger partial charge in [-0.3, -0.25) is 19.5 Å². The Bertz CT molecular complexity index is 853. The van der Waals surface area contributed by atoms with Crippen molar-refractivity contribution < 1.29 is 14.3 Å². The number of benzene rings is 1. The van der Waals surface area contributed by atoms with Gasteiger partial charge in [-0.05, 0) is 24.2 Å². The number of nitrogens with one attached hydrogen (secondary N) is 2. The summed E-state index contributed by atoms with van der Waals surface area (Å²) in [6.07, 6.45) is 3.56. The standard InChI is InChI=1S/C23H31N5O3/c1-3-27-11-13-28(14-12-27)20(18-8-6-10-24-15-18)17-26-23(30)22(29)25-16-19-7-4-5-9-21(19)31-2/h4-10,15,20H,3,11-14,16-17H2,1-2H3,(H,25,29)(H,26,30)/t20-/m0/s1. The molecule has 1 aromatic carbocycles. The lowest BCUT2D eigenvalue weighted by molar-refractivity contribution is -0.139. The highest BCUT2D eigenvalue weighted by Crippen LogP contribution is 2.21. The van der Waals surface area contributed by atoms with Crippen molar-refractivity contribution in [1.29, 1.82) is 0 Å². The minimum Gasteiger partial charge on any atom is -0.496 e. The van der Waals surface area contributed by atoms with E-state index in [1.54, 1.807) is 13.3 Å². The number of rotatable bonds is 8. The zero-order chi connectivity index (χ0) is 22.1. The van der Waals surface area contributed by atoms with Crippen molar-refractivity contribution in [3.8, 4) is 5.75 Å². The van der Waals surface area contributed by atoms with Crippen LogP contribution in [0.15, 0.2) is 48.8 Å². The fourth-order valence-corrected chi connectivity index (χ4v) is 3.80. The molecule has 2 aromatic rings. The second kappa shape index (κ2) is 11.4. The van der Waals surface area contributed by atoms with Gasteiger partial charge in [-0.1, -0.05) is 31.2 Å². The van der Waals surface area contributed by atoms with Gasteiger partial charge in [0.1, 0.15) is 5.75 Å². The molecule has 2 heterocycles. The number of para-hydroxylation sites is 1. The van der Waals surface area contributed by atoms with E-state index in [-0.39, 0.29) is 12.6 Å². The molecule has 3 rings (SSSR count). The normalized spacial score (nSPS) is 15.8. The van der Waals surface area contributed by atoms with Crippen LogP contribution in [0.4, 0.5) is 0 Å². The van der Waals surface area contributed by atoms with Gasteiger partial charge in [-0.15, -0.1) is 0 Å². The fraction of sp³-hybridized carbons (Fsp3) is 0.435. The predicted octanol–water partition coefficient (Wildman–Crippen LogP) is 1.20. The maximum Gasteiger partial charge on any atom is 0.309 e. The first-order valence-corrected chi connectivity index (χ1v) is 10.7. The van der Waals surface area contributed by atoms with Crippen molar-refractivity contribution in [3.05, 3.63) is 59.9 Å². The molecule has 0 bridgehead atoms. The number of ether oxygens (including phenoxy) is 1. The Hall–Kier alpha value is -2.97. The Balaban J connectivity index is 1.57. The second-order valence-corrected chi connectivity index (χ2v) is 7.48. The lowest BCUT2D eigenvalue weighted by Crippen LogP contribution is -2.50. The van der Waals surface area contributed by atoms with Gasteiger partial charge in [-0.25, -0.2) is 0 Å². The van der Waals surface area contributed by atoms with Crippen molar-refractivity contribution in [1.82, 2.24) is 25.4 Å². The molecule has 31 heavy (non-hydrogen) atoms. The zero-order valence-electron chi connectivity index (χ0n) is 18.2. The molecular weight excluding hydrogens is 394 g/mol. The van der Waals surface area contributed by atoms with Crippen LogP contribution in [0.1, 0.15) is 24.1 Å². The van der Waals surface area contributed by atoms with E-state index in [4.69, 9.17) is 4.74 Å². The van der Waals surface area contributed by atoms with Crippen molar-refractivity contribution in [2.75, 3.05) is 46.4 Å². The molecule has 8 nitrogen and oxygen atoms in total. The summed E-state index contributed by atoms with van der Waals surface area (Å²) >= 11 is 0. The third-order valence-electron chi connectivity index (χ3n) is 5.66. The van der Waals surface area contributed by atoms with Crippen molar-refractivity contribution in [2.24, 2.45) is 0 Å². The zero-order valence-corrected chi connectivity index (χ0v) is 18.2. The lowest BCUT2D eigenvalue weighted by atomic mass is 10.1. The number of pyridine rings is 1. The maximum absolute atomic E-state index is 12.4. The van der Waals surface area contributed by atoms with E-state index in [1.165, 1.54) is 0 Å². The molecule has 0 unspecified atom stereocenters. The van der Waals surface area contributed by atoms with Gasteiger partial charge >= 0.3 is 11.8 Å². The number of hydrogen-bond acceptors (Lipinski definition) is 6. The Kier molecular flexibility index (Phi) is 8.37. The maximum atomic E-state index is 12.4. The lowest BCUT2D eigenvalue weighted by Gasteiger charge is -2.39. The van der Waals surface area contributed by atoms with Gasteiger partial charge in [-0.2, -0.15) is 0 Å². The molecule has 1 aliphatic heterocycles. The number of amides is 2. The minimum atomic E-state index is -0.661. The summed E-state index contributed by atoms with van der Waals surface area (Å²) in [5.41, 5.74) is 1.84. The van der Waals surface area contributed by atoms with Crippen LogP contribution >= 0.6 is 0 Å². The smallest absolute Gasteiger partial charge is 0.309 e. The molecule has 1 aromatic heterocycles. The average Bonchev–Trinajstić information content (AvgIpc) is 2.83. The second-order valence-electron chi connectivity index (χ2n) is 7.48. The quantitative estimate of drug-likeness (QED) is 0.618. The van der Waals surface area contributed by atoms with E-state index in [0.29, 0.717) is 12.3 Å². The molecule has 0 saturated carbocycles. The van der Waals surface area contributed by atoms with Crippen LogP contribution in [0.3, 0.4) is 0 Å². The molecule has 2 amide bonds. The first-order valence-electron chi connectivity index (χ1n) is 10.7. The Morgan fingerprint density at radius 1 is 1.06 bits per heavy atom. The van der Waals surface area contributed by atoms with E-state index < -0.39 is 11.8 Å². The number of nitrogens with zero attached hydrogens (tertiary/aromatic N) is 3. The molecule has 0 radical (unpaired) electrons. The van der Waals surface area contributed by atoms with E-state index >= 15 is 0 Å². The number of aromatic nitrogens is 1. The molecule has 8 heteroatoms. The number of hydrogen-bond donors (Lipinski definition) is 2. The van der Waals surface area contributed by atoms with Gasteiger partial charge in [0, 0.05) is 57.2 Å². The van der Waals surface area contributed by atoms with Crippen molar-refractivity contribution in [3.63, 3.8) is 0 Å². The minimum absolute atomic E-state index is 0.0290. The molecule has 1 fully saturated rings.